The number of amides is 1. The normalized spacial score (nSPS) is 14.5. The molecule has 2 N–H and O–H groups in total. The van der Waals surface area contributed by atoms with Crippen LogP contribution >= 0.6 is 11.8 Å². The van der Waals surface area contributed by atoms with E-state index in [1.165, 1.54) is 11.8 Å². The van der Waals surface area contributed by atoms with Gasteiger partial charge < -0.3 is 10.4 Å². The summed E-state index contributed by atoms with van der Waals surface area (Å²) in [5.41, 5.74) is 5.38. The fraction of sp³-hybridized carbons (Fsp3) is 0.207. The van der Waals surface area contributed by atoms with Gasteiger partial charge in [0.1, 0.15) is 11.1 Å². The van der Waals surface area contributed by atoms with Crippen molar-refractivity contribution >= 4 is 40.2 Å². The lowest BCUT2D eigenvalue weighted by molar-refractivity contribution is -0.113. The highest BCUT2D eigenvalue weighted by molar-refractivity contribution is 8.00. The Morgan fingerprint density at radius 2 is 1.92 bits per heavy atom. The minimum absolute atomic E-state index is 0.132. The lowest BCUT2D eigenvalue weighted by Crippen LogP contribution is -2.16. The Balaban J connectivity index is 1.27. The van der Waals surface area contributed by atoms with Crippen LogP contribution < -0.4 is 5.32 Å². The van der Waals surface area contributed by atoms with Crippen molar-refractivity contribution in [3.8, 4) is 17.3 Å². The van der Waals surface area contributed by atoms with Crippen molar-refractivity contribution in [2.75, 3.05) is 11.1 Å². The summed E-state index contributed by atoms with van der Waals surface area (Å²) in [6.07, 6.45) is 2.91. The summed E-state index contributed by atoms with van der Waals surface area (Å²) in [6.45, 7) is 2.21. The predicted octanol–water partition coefficient (Wildman–Crippen LogP) is 5.72. The van der Waals surface area contributed by atoms with Crippen LogP contribution in [0.25, 0.3) is 22.2 Å². The van der Waals surface area contributed by atoms with Crippen molar-refractivity contribution < 1.29 is 14.7 Å². The summed E-state index contributed by atoms with van der Waals surface area (Å²) >= 11 is 1.27. The molecule has 1 aliphatic rings. The third kappa shape index (κ3) is 5.32. The molecule has 2 aromatic heterocycles. The van der Waals surface area contributed by atoms with E-state index in [0.717, 1.165) is 36.1 Å². The molecular weight excluding hydrogens is 484 g/mol. The zero-order valence-electron chi connectivity index (χ0n) is 20.2. The fourth-order valence-corrected chi connectivity index (χ4v) is 5.35. The van der Waals surface area contributed by atoms with Crippen LogP contribution in [0.1, 0.15) is 40.5 Å². The van der Waals surface area contributed by atoms with Crippen molar-refractivity contribution in [1.29, 1.82) is 5.26 Å². The van der Waals surface area contributed by atoms with Crippen LogP contribution in [-0.2, 0) is 17.6 Å². The number of nitriles is 1. The molecule has 1 unspecified atom stereocenters. The molecular formula is C29H24N4O3S. The van der Waals surface area contributed by atoms with Crippen molar-refractivity contribution in [3.63, 3.8) is 0 Å². The van der Waals surface area contributed by atoms with Crippen LogP contribution in [0.3, 0.4) is 0 Å². The summed E-state index contributed by atoms with van der Waals surface area (Å²) in [7, 11) is 0. The van der Waals surface area contributed by atoms with Crippen molar-refractivity contribution in [2.24, 2.45) is 5.92 Å². The van der Waals surface area contributed by atoms with Crippen LogP contribution in [0.4, 0.5) is 5.69 Å². The lowest BCUT2D eigenvalue weighted by Gasteiger charge is -2.21. The zero-order valence-corrected chi connectivity index (χ0v) is 21.0. The van der Waals surface area contributed by atoms with E-state index < -0.39 is 5.97 Å². The predicted molar refractivity (Wildman–Crippen MR) is 144 cm³/mol. The molecule has 0 bridgehead atoms. The quantitative estimate of drug-likeness (QED) is 0.320. The third-order valence-corrected chi connectivity index (χ3v) is 7.46. The molecule has 2 aromatic carbocycles. The highest BCUT2D eigenvalue weighted by Crippen LogP contribution is 2.30. The number of thioether (sulfide) groups is 1. The van der Waals surface area contributed by atoms with Gasteiger partial charge in [-0.3, -0.25) is 4.79 Å². The van der Waals surface area contributed by atoms with Crippen LogP contribution in [0.15, 0.2) is 65.7 Å². The van der Waals surface area contributed by atoms with Gasteiger partial charge in [0, 0.05) is 22.3 Å². The van der Waals surface area contributed by atoms with Gasteiger partial charge in [-0.1, -0.05) is 49.0 Å². The number of benzene rings is 2. The Bertz CT molecular complexity index is 1560. The molecule has 1 amide bonds. The van der Waals surface area contributed by atoms with Gasteiger partial charge in [-0.05, 0) is 61.1 Å². The summed E-state index contributed by atoms with van der Waals surface area (Å²) in [5, 5.41) is 23.3. The average Bonchev–Trinajstić information content (AvgIpc) is 2.91. The van der Waals surface area contributed by atoms with Crippen LogP contribution in [-0.4, -0.2) is 32.7 Å². The second-order valence-electron chi connectivity index (χ2n) is 9.20. The first-order valence-electron chi connectivity index (χ1n) is 12.0. The standard InChI is InChI=1S/C29H24N4O3S/c1-17-6-11-24-19(12-17)13-20(15-30)28(33-24)37-16-27(34)31-21-9-7-18(8-10-21)26-14-23(29(35)36)22-4-2-3-5-25(22)32-26/h2-5,7-10,13-14,17H,6,11-12,16H2,1H3,(H,31,34)(H,35,36). The maximum atomic E-state index is 12.6. The summed E-state index contributed by atoms with van der Waals surface area (Å²) < 4.78 is 0. The van der Waals surface area contributed by atoms with E-state index in [-0.39, 0.29) is 17.2 Å². The Morgan fingerprint density at radius 1 is 1.14 bits per heavy atom. The summed E-state index contributed by atoms with van der Waals surface area (Å²) in [6, 6.07) is 20.0. The molecule has 2 heterocycles. The molecule has 0 fully saturated rings. The molecule has 37 heavy (non-hydrogen) atoms. The Kier molecular flexibility index (Phi) is 6.89. The molecule has 0 saturated heterocycles. The second kappa shape index (κ2) is 10.4. The Morgan fingerprint density at radius 3 is 2.68 bits per heavy atom. The maximum absolute atomic E-state index is 12.6. The van der Waals surface area contributed by atoms with E-state index in [9.17, 15) is 20.0 Å². The largest absolute Gasteiger partial charge is 0.478 e. The number of hydrogen-bond acceptors (Lipinski definition) is 6. The van der Waals surface area contributed by atoms with E-state index in [0.29, 0.717) is 38.8 Å². The smallest absolute Gasteiger partial charge is 0.336 e. The molecule has 5 rings (SSSR count). The monoisotopic (exact) mass is 508 g/mol. The van der Waals surface area contributed by atoms with E-state index in [1.807, 2.05) is 12.1 Å². The van der Waals surface area contributed by atoms with Gasteiger partial charge in [-0.15, -0.1) is 0 Å². The van der Waals surface area contributed by atoms with Gasteiger partial charge in [0.05, 0.1) is 28.1 Å². The number of carbonyl (C=O) groups is 2. The number of nitrogens with one attached hydrogen (secondary N) is 1. The Labute approximate surface area is 218 Å². The topological polar surface area (TPSA) is 116 Å². The van der Waals surface area contributed by atoms with E-state index in [4.69, 9.17) is 4.98 Å². The number of rotatable bonds is 6. The number of nitrogens with zero attached hydrogens (tertiary/aromatic N) is 3. The van der Waals surface area contributed by atoms with Gasteiger partial charge in [0.15, 0.2) is 0 Å². The van der Waals surface area contributed by atoms with E-state index >= 15 is 0 Å². The molecule has 4 aromatic rings. The van der Waals surface area contributed by atoms with Crippen molar-refractivity contribution in [2.45, 2.75) is 31.2 Å². The zero-order chi connectivity index (χ0) is 25.9. The first kappa shape index (κ1) is 24.5. The number of carbonyl (C=O) groups excluding carboxylic acids is 1. The van der Waals surface area contributed by atoms with Crippen LogP contribution in [0.2, 0.25) is 0 Å². The number of hydrogen-bond donors (Lipinski definition) is 2. The number of aromatic carboxylic acids is 1. The molecule has 0 saturated carbocycles. The van der Waals surface area contributed by atoms with E-state index in [2.05, 4.69) is 23.3 Å². The number of pyridine rings is 2. The summed E-state index contributed by atoms with van der Waals surface area (Å²) in [5.74, 6) is -0.490. The average molecular weight is 509 g/mol. The van der Waals surface area contributed by atoms with Crippen molar-refractivity contribution in [1.82, 2.24) is 9.97 Å². The van der Waals surface area contributed by atoms with Crippen LogP contribution in [0, 0.1) is 17.2 Å². The lowest BCUT2D eigenvalue weighted by atomic mass is 9.87. The second-order valence-corrected chi connectivity index (χ2v) is 10.2. The minimum atomic E-state index is -1.01. The highest BCUT2D eigenvalue weighted by atomic mass is 32.2. The summed E-state index contributed by atoms with van der Waals surface area (Å²) in [4.78, 5) is 33.7. The van der Waals surface area contributed by atoms with Gasteiger partial charge in [0.2, 0.25) is 5.91 Å². The highest BCUT2D eigenvalue weighted by Gasteiger charge is 2.20. The van der Waals surface area contributed by atoms with Crippen LogP contribution in [0.5, 0.6) is 0 Å². The first-order chi connectivity index (χ1) is 17.9. The van der Waals surface area contributed by atoms with E-state index in [1.54, 1.807) is 48.5 Å². The number of carboxylic acids is 1. The maximum Gasteiger partial charge on any atom is 0.336 e. The Hall–Kier alpha value is -4.22. The van der Waals surface area contributed by atoms with Gasteiger partial charge in [-0.2, -0.15) is 5.26 Å². The van der Waals surface area contributed by atoms with Gasteiger partial charge in [0.25, 0.3) is 0 Å². The third-order valence-electron chi connectivity index (χ3n) is 6.47. The van der Waals surface area contributed by atoms with Crippen molar-refractivity contribution in [3.05, 3.63) is 83.0 Å². The first-order valence-corrected chi connectivity index (χ1v) is 13.0. The molecule has 0 spiro atoms. The molecule has 8 heteroatoms. The molecule has 0 aliphatic heterocycles. The number of fused-ring (bicyclic) bond motifs is 2. The number of aromatic nitrogens is 2. The minimum Gasteiger partial charge on any atom is -0.478 e. The molecule has 1 aliphatic carbocycles. The number of para-hydroxylation sites is 1. The van der Waals surface area contributed by atoms with Gasteiger partial charge >= 0.3 is 5.97 Å². The fourth-order valence-electron chi connectivity index (χ4n) is 4.57. The SMILES string of the molecule is CC1CCc2nc(SCC(=O)Nc3ccc(-c4cc(C(=O)O)c5ccccc5n4)cc3)c(C#N)cc2C1. The van der Waals surface area contributed by atoms with Gasteiger partial charge in [-0.25, -0.2) is 14.8 Å². The molecule has 1 atom stereocenters. The number of aryl methyl sites for hydroxylation is 1. The molecule has 0 radical (unpaired) electrons. The number of carboxylic acid groups (broad SMARTS) is 1. The molecule has 184 valence electrons. The molecule has 7 nitrogen and oxygen atoms in total. The number of anilines is 1.